The zero-order valence-corrected chi connectivity index (χ0v) is 12.9. The molecule has 1 N–H and O–H groups in total. The highest BCUT2D eigenvalue weighted by Gasteiger charge is 2.14. The fourth-order valence-electron chi connectivity index (χ4n) is 2.26. The molecule has 0 radical (unpaired) electrons. The first-order valence-electron chi connectivity index (χ1n) is 6.64. The number of benzene rings is 2. The van der Waals surface area contributed by atoms with Crippen LogP contribution in [0, 0.1) is 6.92 Å². The van der Waals surface area contributed by atoms with Gasteiger partial charge in [-0.25, -0.2) is 0 Å². The Bertz CT molecular complexity index is 563. The van der Waals surface area contributed by atoms with Crippen molar-refractivity contribution in [2.75, 3.05) is 0 Å². The van der Waals surface area contributed by atoms with E-state index in [4.69, 9.17) is 0 Å². The minimum Gasteiger partial charge on any atom is -0.384 e. The van der Waals surface area contributed by atoms with Gasteiger partial charge in [0, 0.05) is 4.47 Å². The lowest BCUT2D eigenvalue weighted by Gasteiger charge is -2.15. The number of halogens is 1. The van der Waals surface area contributed by atoms with Gasteiger partial charge < -0.3 is 5.11 Å². The number of aliphatic hydroxyl groups excluding tert-OH is 1. The third kappa shape index (κ3) is 3.46. The van der Waals surface area contributed by atoms with E-state index in [2.05, 4.69) is 35.0 Å². The molecule has 19 heavy (non-hydrogen) atoms. The first kappa shape index (κ1) is 14.3. The molecule has 1 nitrogen and oxygen atoms in total. The van der Waals surface area contributed by atoms with Crippen molar-refractivity contribution in [3.8, 4) is 0 Å². The lowest BCUT2D eigenvalue weighted by molar-refractivity contribution is 0.219. The lowest BCUT2D eigenvalue weighted by atomic mass is 9.97. The summed E-state index contributed by atoms with van der Waals surface area (Å²) in [5.74, 6) is 0. The summed E-state index contributed by atoms with van der Waals surface area (Å²) in [4.78, 5) is 0. The summed E-state index contributed by atoms with van der Waals surface area (Å²) in [6.07, 6.45) is 1.59. The minimum absolute atomic E-state index is 0.578. The summed E-state index contributed by atoms with van der Waals surface area (Å²) in [6.45, 7) is 4.20. The van der Waals surface area contributed by atoms with E-state index in [1.165, 1.54) is 5.56 Å². The van der Waals surface area contributed by atoms with Gasteiger partial charge in [-0.05, 0) is 36.1 Å². The molecule has 0 aromatic heterocycles. The van der Waals surface area contributed by atoms with Gasteiger partial charge in [-0.3, -0.25) is 0 Å². The van der Waals surface area contributed by atoms with Gasteiger partial charge in [0.05, 0.1) is 0 Å². The molecule has 100 valence electrons. The molecule has 0 aliphatic carbocycles. The molecule has 2 aromatic carbocycles. The summed E-state index contributed by atoms with van der Waals surface area (Å²) in [6, 6.07) is 14.3. The lowest BCUT2D eigenvalue weighted by Crippen LogP contribution is -2.02. The van der Waals surface area contributed by atoms with Gasteiger partial charge in [0.2, 0.25) is 0 Å². The number of aryl methyl sites for hydroxylation is 2. The second-order valence-electron chi connectivity index (χ2n) is 4.92. The Morgan fingerprint density at radius 1 is 1.16 bits per heavy atom. The van der Waals surface area contributed by atoms with Crippen molar-refractivity contribution in [2.45, 2.75) is 32.8 Å². The number of rotatable bonds is 4. The van der Waals surface area contributed by atoms with Gasteiger partial charge in [0.25, 0.3) is 0 Å². The molecule has 0 amide bonds. The van der Waals surface area contributed by atoms with Gasteiger partial charge in [0.1, 0.15) is 6.10 Å². The molecule has 0 aliphatic rings. The first-order valence-corrected chi connectivity index (χ1v) is 7.44. The quantitative estimate of drug-likeness (QED) is 0.859. The molecule has 2 heteroatoms. The molecule has 0 heterocycles. The van der Waals surface area contributed by atoms with Gasteiger partial charge in [-0.1, -0.05) is 71.2 Å². The van der Waals surface area contributed by atoms with Crippen molar-refractivity contribution in [1.29, 1.82) is 0 Å². The summed E-state index contributed by atoms with van der Waals surface area (Å²) < 4.78 is 0.950. The van der Waals surface area contributed by atoms with Crippen molar-refractivity contribution in [3.05, 3.63) is 69.2 Å². The highest BCUT2D eigenvalue weighted by molar-refractivity contribution is 9.10. The van der Waals surface area contributed by atoms with Gasteiger partial charge >= 0.3 is 0 Å². The van der Waals surface area contributed by atoms with E-state index in [0.29, 0.717) is 0 Å². The molecule has 2 aromatic rings. The second kappa shape index (κ2) is 6.36. The van der Waals surface area contributed by atoms with Crippen LogP contribution in [0.15, 0.2) is 46.9 Å². The van der Waals surface area contributed by atoms with E-state index in [1.54, 1.807) is 0 Å². The second-order valence-corrected chi connectivity index (χ2v) is 5.78. The number of aliphatic hydroxyl groups is 1. The molecule has 0 saturated heterocycles. The summed E-state index contributed by atoms with van der Waals surface area (Å²) in [5, 5.41) is 10.6. The van der Waals surface area contributed by atoms with Crippen molar-refractivity contribution in [1.82, 2.24) is 0 Å². The molecule has 0 spiro atoms. The van der Waals surface area contributed by atoms with Gasteiger partial charge in [-0.2, -0.15) is 0 Å². The predicted octanol–water partition coefficient (Wildman–Crippen LogP) is 4.79. The largest absolute Gasteiger partial charge is 0.384 e. The topological polar surface area (TPSA) is 20.2 Å². The average molecular weight is 319 g/mol. The Labute approximate surface area is 123 Å². The normalized spacial score (nSPS) is 12.4. The van der Waals surface area contributed by atoms with Gasteiger partial charge in [0.15, 0.2) is 0 Å². The maximum Gasteiger partial charge on any atom is 0.105 e. The van der Waals surface area contributed by atoms with Crippen LogP contribution in [0.5, 0.6) is 0 Å². The van der Waals surface area contributed by atoms with E-state index < -0.39 is 6.10 Å². The van der Waals surface area contributed by atoms with E-state index in [9.17, 15) is 5.11 Å². The van der Waals surface area contributed by atoms with E-state index in [-0.39, 0.29) is 0 Å². The Morgan fingerprint density at radius 2 is 1.95 bits per heavy atom. The predicted molar refractivity (Wildman–Crippen MR) is 83.4 cm³/mol. The van der Waals surface area contributed by atoms with Crippen molar-refractivity contribution in [2.24, 2.45) is 0 Å². The summed E-state index contributed by atoms with van der Waals surface area (Å²) in [5.41, 5.74) is 4.32. The van der Waals surface area contributed by atoms with Crippen LogP contribution in [-0.4, -0.2) is 5.11 Å². The van der Waals surface area contributed by atoms with Crippen LogP contribution in [0.2, 0.25) is 0 Å². The van der Waals surface area contributed by atoms with Crippen LogP contribution in [0.25, 0.3) is 0 Å². The zero-order chi connectivity index (χ0) is 13.8. The monoisotopic (exact) mass is 318 g/mol. The Morgan fingerprint density at radius 3 is 2.68 bits per heavy atom. The molecule has 0 bridgehead atoms. The van der Waals surface area contributed by atoms with Crippen LogP contribution in [0.4, 0.5) is 0 Å². The van der Waals surface area contributed by atoms with E-state index >= 15 is 0 Å². The van der Waals surface area contributed by atoms with E-state index in [1.807, 2.05) is 37.3 Å². The SMILES string of the molecule is CCCc1cccc(C(O)c2cc(C)ccc2Br)c1. The average Bonchev–Trinajstić information content (AvgIpc) is 2.41. The van der Waals surface area contributed by atoms with E-state index in [0.717, 1.165) is 34.0 Å². The Balaban J connectivity index is 2.35. The molecule has 1 atom stereocenters. The van der Waals surface area contributed by atoms with Crippen molar-refractivity contribution < 1.29 is 5.11 Å². The van der Waals surface area contributed by atoms with Crippen LogP contribution in [-0.2, 0) is 6.42 Å². The highest BCUT2D eigenvalue weighted by atomic mass is 79.9. The standard InChI is InChI=1S/C17H19BrO/c1-3-5-13-6-4-7-14(11-13)17(19)15-10-12(2)8-9-16(15)18/h4,6-11,17,19H,3,5H2,1-2H3. The maximum atomic E-state index is 10.6. The fraction of sp³-hybridized carbons (Fsp3) is 0.294. The maximum absolute atomic E-state index is 10.6. The zero-order valence-electron chi connectivity index (χ0n) is 11.4. The molecule has 1 unspecified atom stereocenters. The molecular formula is C17H19BrO. The first-order chi connectivity index (χ1) is 9.11. The Kier molecular flexibility index (Phi) is 4.78. The fourth-order valence-corrected chi connectivity index (χ4v) is 2.72. The smallest absolute Gasteiger partial charge is 0.105 e. The molecule has 0 fully saturated rings. The van der Waals surface area contributed by atoms with Gasteiger partial charge in [-0.15, -0.1) is 0 Å². The van der Waals surface area contributed by atoms with Crippen LogP contribution >= 0.6 is 15.9 Å². The van der Waals surface area contributed by atoms with Crippen LogP contribution in [0.3, 0.4) is 0 Å². The highest BCUT2D eigenvalue weighted by Crippen LogP contribution is 2.29. The Hall–Kier alpha value is -1.12. The van der Waals surface area contributed by atoms with Crippen molar-refractivity contribution >= 4 is 15.9 Å². The van der Waals surface area contributed by atoms with Crippen LogP contribution in [0.1, 0.15) is 41.7 Å². The summed E-state index contributed by atoms with van der Waals surface area (Å²) >= 11 is 3.52. The van der Waals surface area contributed by atoms with Crippen LogP contribution < -0.4 is 0 Å². The summed E-state index contributed by atoms with van der Waals surface area (Å²) in [7, 11) is 0. The molecular weight excluding hydrogens is 300 g/mol. The molecule has 0 saturated carbocycles. The van der Waals surface area contributed by atoms with Crippen molar-refractivity contribution in [3.63, 3.8) is 0 Å². The number of hydrogen-bond donors (Lipinski definition) is 1. The number of hydrogen-bond acceptors (Lipinski definition) is 1. The molecule has 0 aliphatic heterocycles. The third-order valence-corrected chi connectivity index (χ3v) is 3.97. The molecule has 2 rings (SSSR count). The third-order valence-electron chi connectivity index (χ3n) is 3.25. The minimum atomic E-state index is -0.578.